The largest absolute Gasteiger partial charge is 0.513 e. The second kappa shape index (κ2) is 11.0. The molecule has 166 valence electrons. The Balaban J connectivity index is 2.14. The van der Waals surface area contributed by atoms with Crippen molar-refractivity contribution >= 4 is 33.9 Å². The molecule has 0 saturated heterocycles. The van der Waals surface area contributed by atoms with Gasteiger partial charge in [-0.15, -0.1) is 13.2 Å². The van der Waals surface area contributed by atoms with E-state index in [1.165, 1.54) is 0 Å². The van der Waals surface area contributed by atoms with E-state index in [0.717, 1.165) is 5.56 Å². The molecule has 0 saturated carbocycles. The van der Waals surface area contributed by atoms with Gasteiger partial charge in [-0.3, -0.25) is 0 Å². The Hall–Kier alpha value is -3.80. The van der Waals surface area contributed by atoms with Gasteiger partial charge in [-0.2, -0.15) is 0 Å². The minimum Gasteiger partial charge on any atom is -0.434 e. The average molecular weight is 434 g/mol. The first kappa shape index (κ1) is 22.9. The number of ether oxygens (including phenoxy) is 4. The Bertz CT molecular complexity index is 1150. The zero-order valence-corrected chi connectivity index (χ0v) is 18.1. The van der Waals surface area contributed by atoms with E-state index in [-0.39, 0.29) is 13.2 Å². The maximum absolute atomic E-state index is 12.4. The van der Waals surface area contributed by atoms with Crippen molar-refractivity contribution in [3.8, 4) is 11.5 Å². The van der Waals surface area contributed by atoms with Crippen molar-refractivity contribution in [2.24, 2.45) is 0 Å². The summed E-state index contributed by atoms with van der Waals surface area (Å²) in [6.07, 6.45) is 3.44. The number of carbonyl (C=O) groups is 2. The highest BCUT2D eigenvalue weighted by atomic mass is 16.7. The normalized spacial score (nSPS) is 10.5. The van der Waals surface area contributed by atoms with Crippen LogP contribution in [0.2, 0.25) is 0 Å². The summed E-state index contributed by atoms with van der Waals surface area (Å²) in [4.78, 5) is 24.7. The Labute approximate surface area is 187 Å². The summed E-state index contributed by atoms with van der Waals surface area (Å²) in [6.45, 7) is 9.58. The molecule has 0 bridgehead atoms. The lowest BCUT2D eigenvalue weighted by atomic mass is 9.96. The van der Waals surface area contributed by atoms with E-state index in [0.29, 0.717) is 52.3 Å². The van der Waals surface area contributed by atoms with Gasteiger partial charge in [0.1, 0.15) is 5.75 Å². The third kappa shape index (κ3) is 5.09. The van der Waals surface area contributed by atoms with Gasteiger partial charge < -0.3 is 18.9 Å². The lowest BCUT2D eigenvalue weighted by Gasteiger charge is -2.18. The predicted octanol–water partition coefficient (Wildman–Crippen LogP) is 6.74. The monoisotopic (exact) mass is 434 g/mol. The summed E-state index contributed by atoms with van der Waals surface area (Å²) < 4.78 is 21.6. The molecule has 3 aromatic rings. The molecule has 6 heteroatoms. The predicted molar refractivity (Wildman–Crippen MR) is 124 cm³/mol. The van der Waals surface area contributed by atoms with Gasteiger partial charge in [0, 0.05) is 21.5 Å². The zero-order chi connectivity index (χ0) is 22.9. The molecule has 0 fully saturated rings. The van der Waals surface area contributed by atoms with Crippen LogP contribution in [0.1, 0.15) is 25.3 Å². The number of fused-ring (bicyclic) bond motifs is 2. The van der Waals surface area contributed by atoms with E-state index < -0.39 is 12.3 Å². The standard InChI is InChI=1S/C26H26O6/c1-4-7-16-29-25(27)31-23-19-13-9-10-14-20(19)24(32-26(28)30-17-8-5-2)22-18(6-3)12-11-15-21(22)23/h4-5,9-15H,1-2,6-8,16-17H2,3H3. The molecule has 0 aliphatic heterocycles. The summed E-state index contributed by atoms with van der Waals surface area (Å²) in [6, 6.07) is 12.9. The van der Waals surface area contributed by atoms with Crippen LogP contribution in [-0.4, -0.2) is 25.5 Å². The van der Waals surface area contributed by atoms with Gasteiger partial charge >= 0.3 is 12.3 Å². The van der Waals surface area contributed by atoms with Crippen LogP contribution in [0.4, 0.5) is 9.59 Å². The number of rotatable bonds is 9. The van der Waals surface area contributed by atoms with Gasteiger partial charge in [-0.05, 0) is 24.8 Å². The van der Waals surface area contributed by atoms with Crippen molar-refractivity contribution in [1.29, 1.82) is 0 Å². The fourth-order valence-electron chi connectivity index (χ4n) is 3.40. The highest BCUT2D eigenvalue weighted by Gasteiger charge is 2.22. The fraction of sp³-hybridized carbons (Fsp3) is 0.231. The topological polar surface area (TPSA) is 71.1 Å². The summed E-state index contributed by atoms with van der Waals surface area (Å²) in [5, 5.41) is 2.55. The molecule has 0 heterocycles. The molecule has 0 N–H and O–H groups in total. The Morgan fingerprint density at radius 2 is 1.31 bits per heavy atom. The maximum atomic E-state index is 12.4. The summed E-state index contributed by atoms with van der Waals surface area (Å²) >= 11 is 0. The minimum absolute atomic E-state index is 0.177. The van der Waals surface area contributed by atoms with Gasteiger partial charge in [0.25, 0.3) is 0 Å². The van der Waals surface area contributed by atoms with E-state index >= 15 is 0 Å². The molecule has 3 rings (SSSR count). The Kier molecular flexibility index (Phi) is 7.86. The van der Waals surface area contributed by atoms with Gasteiger partial charge in [-0.1, -0.05) is 61.5 Å². The third-order valence-electron chi connectivity index (χ3n) is 4.87. The molecule has 0 spiro atoms. The van der Waals surface area contributed by atoms with Crippen LogP contribution in [-0.2, 0) is 15.9 Å². The van der Waals surface area contributed by atoms with Gasteiger partial charge in [-0.25, -0.2) is 9.59 Å². The lowest BCUT2D eigenvalue weighted by molar-refractivity contribution is 0.0999. The molecule has 0 unspecified atom stereocenters. The van der Waals surface area contributed by atoms with Crippen LogP contribution in [0.5, 0.6) is 11.5 Å². The van der Waals surface area contributed by atoms with Crippen LogP contribution in [0.25, 0.3) is 21.5 Å². The first-order valence-corrected chi connectivity index (χ1v) is 10.5. The smallest absolute Gasteiger partial charge is 0.434 e. The second-order valence-electron chi connectivity index (χ2n) is 6.95. The number of aryl methyl sites for hydroxylation is 1. The van der Waals surface area contributed by atoms with Crippen molar-refractivity contribution in [3.63, 3.8) is 0 Å². The van der Waals surface area contributed by atoms with Crippen molar-refractivity contribution in [1.82, 2.24) is 0 Å². The SMILES string of the molecule is C=CCCOC(=O)Oc1c2ccccc2c(OC(=O)OCCC=C)c2c(CC)cccc12. The Morgan fingerprint density at radius 3 is 1.88 bits per heavy atom. The van der Waals surface area contributed by atoms with Crippen LogP contribution in [0, 0.1) is 0 Å². The minimum atomic E-state index is -0.808. The number of benzene rings is 3. The number of hydrogen-bond acceptors (Lipinski definition) is 6. The fourth-order valence-corrected chi connectivity index (χ4v) is 3.40. The van der Waals surface area contributed by atoms with Crippen molar-refractivity contribution in [3.05, 3.63) is 73.3 Å². The number of carbonyl (C=O) groups excluding carboxylic acids is 2. The van der Waals surface area contributed by atoms with Crippen LogP contribution in [0.15, 0.2) is 67.8 Å². The molecule has 0 radical (unpaired) electrons. The Morgan fingerprint density at radius 1 is 0.781 bits per heavy atom. The average Bonchev–Trinajstić information content (AvgIpc) is 2.81. The molecular formula is C26H26O6. The van der Waals surface area contributed by atoms with E-state index in [4.69, 9.17) is 18.9 Å². The first-order chi connectivity index (χ1) is 15.6. The van der Waals surface area contributed by atoms with Crippen LogP contribution in [0.3, 0.4) is 0 Å². The molecule has 0 aromatic heterocycles. The highest BCUT2D eigenvalue weighted by Crippen LogP contribution is 2.44. The van der Waals surface area contributed by atoms with E-state index in [9.17, 15) is 9.59 Å². The molecule has 0 atom stereocenters. The molecule has 3 aromatic carbocycles. The highest BCUT2D eigenvalue weighted by molar-refractivity contribution is 6.13. The van der Waals surface area contributed by atoms with Gasteiger partial charge in [0.15, 0.2) is 5.75 Å². The quantitative estimate of drug-likeness (QED) is 0.122. The molecule has 6 nitrogen and oxygen atoms in total. The van der Waals surface area contributed by atoms with Crippen molar-refractivity contribution in [2.45, 2.75) is 26.2 Å². The molecule has 0 aliphatic carbocycles. The lowest BCUT2D eigenvalue weighted by Crippen LogP contribution is -2.14. The first-order valence-electron chi connectivity index (χ1n) is 10.5. The maximum Gasteiger partial charge on any atom is 0.513 e. The van der Waals surface area contributed by atoms with Gasteiger partial charge in [0.05, 0.1) is 13.2 Å². The molecular weight excluding hydrogens is 408 g/mol. The summed E-state index contributed by atoms with van der Waals surface area (Å²) in [5.41, 5.74) is 0.937. The summed E-state index contributed by atoms with van der Waals surface area (Å²) in [7, 11) is 0. The van der Waals surface area contributed by atoms with E-state index in [1.807, 2.05) is 43.3 Å². The van der Waals surface area contributed by atoms with Crippen molar-refractivity contribution in [2.75, 3.05) is 13.2 Å². The van der Waals surface area contributed by atoms with Gasteiger partial charge in [0.2, 0.25) is 0 Å². The third-order valence-corrected chi connectivity index (χ3v) is 4.87. The van der Waals surface area contributed by atoms with Crippen molar-refractivity contribution < 1.29 is 28.5 Å². The molecule has 0 amide bonds. The molecule has 32 heavy (non-hydrogen) atoms. The van der Waals surface area contributed by atoms with E-state index in [1.54, 1.807) is 18.2 Å². The van der Waals surface area contributed by atoms with Crippen LogP contribution < -0.4 is 9.47 Å². The van der Waals surface area contributed by atoms with Crippen LogP contribution >= 0.6 is 0 Å². The second-order valence-corrected chi connectivity index (χ2v) is 6.95. The summed E-state index contributed by atoms with van der Waals surface area (Å²) in [5.74, 6) is 0.714. The van der Waals surface area contributed by atoms with E-state index in [2.05, 4.69) is 13.2 Å². The zero-order valence-electron chi connectivity index (χ0n) is 18.1. The molecule has 0 aliphatic rings. The number of hydrogen-bond donors (Lipinski definition) is 0.